The van der Waals surface area contributed by atoms with Gasteiger partial charge in [0.15, 0.2) is 0 Å². The van der Waals surface area contributed by atoms with Crippen molar-refractivity contribution in [2.24, 2.45) is 0 Å². The fourth-order valence-electron chi connectivity index (χ4n) is 1.32. The molecule has 0 aliphatic rings. The molecule has 4 heteroatoms. The highest BCUT2D eigenvalue weighted by Gasteiger charge is 2.09. The molecule has 2 aromatic rings. The summed E-state index contributed by atoms with van der Waals surface area (Å²) in [6.07, 6.45) is 5.09. The molecule has 0 saturated carbocycles. The predicted molar refractivity (Wildman–Crippen MR) is 55.7 cm³/mol. The molecule has 0 fully saturated rings. The summed E-state index contributed by atoms with van der Waals surface area (Å²) < 4.78 is 6.88. The molecule has 2 aromatic heterocycles. The van der Waals surface area contributed by atoms with Gasteiger partial charge < -0.3 is 9.14 Å². The lowest BCUT2D eigenvalue weighted by Crippen LogP contribution is -2.12. The Bertz CT molecular complexity index is 488. The quantitative estimate of drug-likeness (QED) is 0.702. The Hall–Kier alpha value is -1.84. The fraction of sp³-hybridized carbons (Fsp3) is 0.273. The van der Waals surface area contributed by atoms with Crippen LogP contribution < -0.4 is 0 Å². The maximum Gasteiger partial charge on any atom is 0.339 e. The average molecular weight is 204 g/mol. The van der Waals surface area contributed by atoms with E-state index in [0.717, 1.165) is 5.65 Å². The van der Waals surface area contributed by atoms with Crippen LogP contribution in [0.25, 0.3) is 5.65 Å². The van der Waals surface area contributed by atoms with Gasteiger partial charge in [-0.1, -0.05) is 0 Å². The molecule has 0 unspecified atom stereocenters. The highest BCUT2D eigenvalue weighted by molar-refractivity contribution is 5.89. The van der Waals surface area contributed by atoms with Crippen molar-refractivity contribution in [3.8, 4) is 0 Å². The second kappa shape index (κ2) is 3.73. The van der Waals surface area contributed by atoms with E-state index in [1.807, 2.05) is 13.8 Å². The van der Waals surface area contributed by atoms with Gasteiger partial charge in [-0.05, 0) is 26.0 Å². The zero-order valence-corrected chi connectivity index (χ0v) is 8.68. The minimum absolute atomic E-state index is 0.101. The highest BCUT2D eigenvalue weighted by Crippen LogP contribution is 2.07. The number of ether oxygens (including phenoxy) is 1. The van der Waals surface area contributed by atoms with Crippen LogP contribution in [0.3, 0.4) is 0 Å². The number of carbonyl (C=O) groups excluding carboxylic acids is 1. The Balaban J connectivity index is 2.31. The first-order chi connectivity index (χ1) is 7.16. The number of fused-ring (bicyclic) bond motifs is 1. The Morgan fingerprint density at radius 1 is 1.47 bits per heavy atom. The molecule has 78 valence electrons. The van der Waals surface area contributed by atoms with Crippen LogP contribution in [0.2, 0.25) is 0 Å². The van der Waals surface area contributed by atoms with E-state index in [1.165, 1.54) is 0 Å². The third kappa shape index (κ3) is 1.98. The van der Waals surface area contributed by atoms with Crippen molar-refractivity contribution in [2.75, 3.05) is 0 Å². The Kier molecular flexibility index (Phi) is 2.41. The number of carbonyl (C=O) groups is 1. The molecule has 0 spiro atoms. The third-order valence-corrected chi connectivity index (χ3v) is 1.97. The summed E-state index contributed by atoms with van der Waals surface area (Å²) in [4.78, 5) is 15.7. The maximum atomic E-state index is 11.6. The van der Waals surface area contributed by atoms with Crippen molar-refractivity contribution in [2.45, 2.75) is 20.0 Å². The number of esters is 1. The monoisotopic (exact) mass is 204 g/mol. The SMILES string of the molecule is CC(C)OC(=O)c1ccc2nccn2c1. The number of pyridine rings is 1. The van der Waals surface area contributed by atoms with Gasteiger partial charge >= 0.3 is 5.97 Å². The second-order valence-corrected chi connectivity index (χ2v) is 3.56. The van der Waals surface area contributed by atoms with Crippen LogP contribution in [0.15, 0.2) is 30.7 Å². The van der Waals surface area contributed by atoms with Crippen LogP contribution in [-0.4, -0.2) is 21.5 Å². The lowest BCUT2D eigenvalue weighted by Gasteiger charge is -2.07. The zero-order valence-electron chi connectivity index (χ0n) is 8.68. The Morgan fingerprint density at radius 3 is 3.00 bits per heavy atom. The number of hydrogen-bond donors (Lipinski definition) is 0. The largest absolute Gasteiger partial charge is 0.459 e. The minimum atomic E-state index is -0.305. The summed E-state index contributed by atoms with van der Waals surface area (Å²) in [7, 11) is 0. The van der Waals surface area contributed by atoms with Crippen molar-refractivity contribution in [3.63, 3.8) is 0 Å². The number of rotatable bonds is 2. The molecule has 0 atom stereocenters. The lowest BCUT2D eigenvalue weighted by atomic mass is 10.3. The zero-order chi connectivity index (χ0) is 10.8. The van der Waals surface area contributed by atoms with Crippen molar-refractivity contribution in [1.29, 1.82) is 0 Å². The van der Waals surface area contributed by atoms with E-state index < -0.39 is 0 Å². The van der Waals surface area contributed by atoms with Gasteiger partial charge in [-0.15, -0.1) is 0 Å². The summed E-state index contributed by atoms with van der Waals surface area (Å²) in [5.41, 5.74) is 1.35. The normalized spacial score (nSPS) is 10.9. The van der Waals surface area contributed by atoms with E-state index in [9.17, 15) is 4.79 Å². The molecule has 0 N–H and O–H groups in total. The first-order valence-electron chi connectivity index (χ1n) is 4.80. The number of imidazole rings is 1. The van der Waals surface area contributed by atoms with E-state index in [1.54, 1.807) is 35.1 Å². The standard InChI is InChI=1S/C11H12N2O2/c1-8(2)15-11(14)9-3-4-10-12-5-6-13(10)7-9/h3-8H,1-2H3. The molecule has 4 nitrogen and oxygen atoms in total. The first kappa shape index (κ1) is 9.71. The average Bonchev–Trinajstić information content (AvgIpc) is 2.62. The fourth-order valence-corrected chi connectivity index (χ4v) is 1.32. The Morgan fingerprint density at radius 2 is 2.27 bits per heavy atom. The topological polar surface area (TPSA) is 43.6 Å². The molecule has 0 aromatic carbocycles. The molecule has 2 heterocycles. The van der Waals surface area contributed by atoms with Gasteiger partial charge in [-0.3, -0.25) is 0 Å². The molecular weight excluding hydrogens is 192 g/mol. The summed E-state index contributed by atoms with van der Waals surface area (Å²) in [5, 5.41) is 0. The van der Waals surface area contributed by atoms with Crippen molar-refractivity contribution >= 4 is 11.6 Å². The molecule has 2 rings (SSSR count). The van der Waals surface area contributed by atoms with E-state index in [0.29, 0.717) is 5.56 Å². The van der Waals surface area contributed by atoms with Crippen molar-refractivity contribution < 1.29 is 9.53 Å². The van der Waals surface area contributed by atoms with Crippen molar-refractivity contribution in [3.05, 3.63) is 36.3 Å². The highest BCUT2D eigenvalue weighted by atomic mass is 16.5. The number of aromatic nitrogens is 2. The van der Waals surface area contributed by atoms with Gasteiger partial charge in [-0.2, -0.15) is 0 Å². The van der Waals surface area contributed by atoms with Crippen LogP contribution >= 0.6 is 0 Å². The van der Waals surface area contributed by atoms with E-state index in [4.69, 9.17) is 4.74 Å². The molecule has 0 aliphatic carbocycles. The van der Waals surface area contributed by atoms with Gasteiger partial charge in [0, 0.05) is 18.6 Å². The summed E-state index contributed by atoms with van der Waals surface area (Å²) in [6.45, 7) is 3.65. The smallest absolute Gasteiger partial charge is 0.339 e. The molecular formula is C11H12N2O2. The van der Waals surface area contributed by atoms with Crippen LogP contribution in [-0.2, 0) is 4.74 Å². The second-order valence-electron chi connectivity index (χ2n) is 3.56. The summed E-state index contributed by atoms with van der Waals surface area (Å²) in [5.74, 6) is -0.305. The predicted octanol–water partition coefficient (Wildman–Crippen LogP) is 1.90. The van der Waals surface area contributed by atoms with Gasteiger partial charge in [-0.25, -0.2) is 9.78 Å². The summed E-state index contributed by atoms with van der Waals surface area (Å²) >= 11 is 0. The van der Waals surface area contributed by atoms with Crippen molar-refractivity contribution in [1.82, 2.24) is 9.38 Å². The minimum Gasteiger partial charge on any atom is -0.459 e. The Labute approximate surface area is 87.5 Å². The third-order valence-electron chi connectivity index (χ3n) is 1.97. The van der Waals surface area contributed by atoms with Gasteiger partial charge in [0.2, 0.25) is 0 Å². The van der Waals surface area contributed by atoms with E-state index in [2.05, 4.69) is 4.98 Å². The molecule has 15 heavy (non-hydrogen) atoms. The molecule has 0 bridgehead atoms. The molecule has 0 saturated heterocycles. The van der Waals surface area contributed by atoms with Crippen LogP contribution in [0.4, 0.5) is 0 Å². The molecule has 0 amide bonds. The van der Waals surface area contributed by atoms with Crippen LogP contribution in [0.5, 0.6) is 0 Å². The maximum absolute atomic E-state index is 11.6. The van der Waals surface area contributed by atoms with Gasteiger partial charge in [0.05, 0.1) is 11.7 Å². The van der Waals surface area contributed by atoms with Crippen LogP contribution in [0, 0.1) is 0 Å². The lowest BCUT2D eigenvalue weighted by molar-refractivity contribution is 0.0377. The number of nitrogens with zero attached hydrogens (tertiary/aromatic N) is 2. The number of hydrogen-bond acceptors (Lipinski definition) is 3. The van der Waals surface area contributed by atoms with Crippen LogP contribution in [0.1, 0.15) is 24.2 Å². The van der Waals surface area contributed by atoms with Gasteiger partial charge in [0.25, 0.3) is 0 Å². The van der Waals surface area contributed by atoms with Gasteiger partial charge in [0.1, 0.15) is 5.65 Å². The summed E-state index contributed by atoms with van der Waals surface area (Å²) in [6, 6.07) is 3.50. The first-order valence-corrected chi connectivity index (χ1v) is 4.80. The molecule has 0 radical (unpaired) electrons. The van der Waals surface area contributed by atoms with E-state index in [-0.39, 0.29) is 12.1 Å². The van der Waals surface area contributed by atoms with E-state index >= 15 is 0 Å². The molecule has 0 aliphatic heterocycles.